The summed E-state index contributed by atoms with van der Waals surface area (Å²) in [4.78, 5) is 0. The third-order valence-electron chi connectivity index (χ3n) is 1.42. The Kier molecular flexibility index (Phi) is 7.52. The van der Waals surface area contributed by atoms with E-state index in [4.69, 9.17) is 4.43 Å². The van der Waals surface area contributed by atoms with Gasteiger partial charge in [-0.25, -0.2) is 0 Å². The van der Waals surface area contributed by atoms with Crippen LogP contribution in [0.4, 0.5) is 0 Å². The molecule has 2 heteroatoms. The molecule has 0 saturated heterocycles. The van der Waals surface area contributed by atoms with Crippen molar-refractivity contribution in [3.63, 3.8) is 0 Å². The van der Waals surface area contributed by atoms with E-state index in [1.807, 2.05) is 12.2 Å². The zero-order chi connectivity index (χ0) is 8.53. The fourth-order valence-electron chi connectivity index (χ4n) is 0.889. The van der Waals surface area contributed by atoms with Gasteiger partial charge in [0.25, 0.3) is 0 Å². The van der Waals surface area contributed by atoms with Gasteiger partial charge >= 0.3 is 0 Å². The molecule has 0 rings (SSSR count). The lowest BCUT2D eigenvalue weighted by molar-refractivity contribution is 0.321. The van der Waals surface area contributed by atoms with Crippen LogP contribution in [-0.4, -0.2) is 15.6 Å². The molecule has 0 fully saturated rings. The Hall–Kier alpha value is -0.343. The number of allylic oxidation sites excluding steroid dienone is 2. The zero-order valence-corrected chi connectivity index (χ0v) is 8.54. The lowest BCUT2D eigenvalue weighted by atomic mass is 10.5. The van der Waals surface area contributed by atoms with E-state index in [0.29, 0.717) is 0 Å². The molecular formula is C9H18OSi. The van der Waals surface area contributed by atoms with Crippen LogP contribution in [0.25, 0.3) is 0 Å². The highest BCUT2D eigenvalue weighted by atomic mass is 28.3. The molecule has 11 heavy (non-hydrogen) atoms. The van der Waals surface area contributed by atoms with Gasteiger partial charge in [0.1, 0.15) is 0 Å². The molecule has 1 nitrogen and oxygen atoms in total. The maximum Gasteiger partial charge on any atom is 0.184 e. The predicted octanol–water partition coefficient (Wildman–Crippen LogP) is 2.51. The normalized spacial score (nSPS) is 10.0. The van der Waals surface area contributed by atoms with Crippen molar-refractivity contribution >= 4 is 9.04 Å². The van der Waals surface area contributed by atoms with Gasteiger partial charge in [0.05, 0.1) is 0 Å². The van der Waals surface area contributed by atoms with Crippen LogP contribution >= 0.6 is 0 Å². The maximum atomic E-state index is 5.67. The smallest absolute Gasteiger partial charge is 0.184 e. The number of hydrogen-bond donors (Lipinski definition) is 0. The molecule has 0 unspecified atom stereocenters. The molecule has 0 aromatic rings. The number of rotatable bonds is 7. The summed E-state index contributed by atoms with van der Waals surface area (Å²) in [6, 6.07) is 2.12. The molecule has 0 spiro atoms. The average Bonchev–Trinajstić information content (AvgIpc) is 2.01. The molecule has 0 bridgehead atoms. The van der Waals surface area contributed by atoms with E-state index in [0.717, 1.165) is 25.1 Å². The minimum Gasteiger partial charge on any atom is -0.419 e. The van der Waals surface area contributed by atoms with Gasteiger partial charge in [-0.2, -0.15) is 0 Å². The van der Waals surface area contributed by atoms with Crippen LogP contribution in [-0.2, 0) is 4.43 Å². The highest BCUT2D eigenvalue weighted by Crippen LogP contribution is 2.03. The summed E-state index contributed by atoms with van der Waals surface area (Å²) in [6.45, 7) is 10.5. The minimum atomic E-state index is -0.988. The third-order valence-corrected chi connectivity index (χ3v) is 3.84. The summed E-state index contributed by atoms with van der Waals surface area (Å²) in [5, 5.41) is 0. The standard InChI is InChI=1S/C9H18OSi/c1-4-7-10-11(8-5-2)9-6-3/h5-6,11H,2-4,7-9H2,1H3. The van der Waals surface area contributed by atoms with Crippen LogP contribution < -0.4 is 0 Å². The molecule has 0 amide bonds. The Morgan fingerprint density at radius 2 is 1.82 bits per heavy atom. The SMILES string of the molecule is C=CC[SiH](CC=C)OCCC. The molecule has 0 radical (unpaired) electrons. The quantitative estimate of drug-likeness (QED) is 0.421. The second-order valence-corrected chi connectivity index (χ2v) is 5.06. The van der Waals surface area contributed by atoms with Gasteiger partial charge in [0.2, 0.25) is 0 Å². The van der Waals surface area contributed by atoms with Crippen LogP contribution in [0.1, 0.15) is 13.3 Å². The summed E-state index contributed by atoms with van der Waals surface area (Å²) < 4.78 is 5.67. The summed E-state index contributed by atoms with van der Waals surface area (Å²) >= 11 is 0. The van der Waals surface area contributed by atoms with Crippen LogP contribution in [0, 0.1) is 0 Å². The van der Waals surface area contributed by atoms with E-state index in [1.165, 1.54) is 0 Å². The van der Waals surface area contributed by atoms with Gasteiger partial charge in [0.15, 0.2) is 9.04 Å². The largest absolute Gasteiger partial charge is 0.419 e. The topological polar surface area (TPSA) is 9.23 Å². The molecule has 0 saturated carbocycles. The van der Waals surface area contributed by atoms with Gasteiger partial charge < -0.3 is 4.43 Å². The fourth-order valence-corrected chi connectivity index (χ4v) is 2.67. The molecule has 0 aromatic carbocycles. The van der Waals surface area contributed by atoms with Crippen LogP contribution in [0.3, 0.4) is 0 Å². The van der Waals surface area contributed by atoms with Crippen LogP contribution in [0.15, 0.2) is 25.3 Å². The predicted molar refractivity (Wildman–Crippen MR) is 53.4 cm³/mol. The van der Waals surface area contributed by atoms with Crippen LogP contribution in [0.2, 0.25) is 12.1 Å². The Morgan fingerprint density at radius 3 is 2.18 bits per heavy atom. The average molecular weight is 170 g/mol. The fraction of sp³-hybridized carbons (Fsp3) is 0.556. The van der Waals surface area contributed by atoms with Gasteiger partial charge in [-0.3, -0.25) is 0 Å². The van der Waals surface area contributed by atoms with E-state index in [9.17, 15) is 0 Å². The summed E-state index contributed by atoms with van der Waals surface area (Å²) in [6.07, 6.45) is 5.02. The van der Waals surface area contributed by atoms with Crippen LogP contribution in [0.5, 0.6) is 0 Å². The highest BCUT2D eigenvalue weighted by Gasteiger charge is 2.05. The van der Waals surface area contributed by atoms with Gasteiger partial charge in [-0.1, -0.05) is 19.1 Å². The lowest BCUT2D eigenvalue weighted by Crippen LogP contribution is -2.16. The second-order valence-electron chi connectivity index (χ2n) is 2.54. The number of hydrogen-bond acceptors (Lipinski definition) is 1. The van der Waals surface area contributed by atoms with Gasteiger partial charge in [-0.15, -0.1) is 13.2 Å². The zero-order valence-electron chi connectivity index (χ0n) is 7.38. The van der Waals surface area contributed by atoms with E-state index < -0.39 is 9.04 Å². The van der Waals surface area contributed by atoms with Crippen molar-refractivity contribution in [2.45, 2.75) is 25.4 Å². The molecule has 0 aliphatic heterocycles. The molecule has 0 N–H and O–H groups in total. The van der Waals surface area contributed by atoms with E-state index in [1.54, 1.807) is 0 Å². The van der Waals surface area contributed by atoms with Crippen molar-refractivity contribution in [3.05, 3.63) is 25.3 Å². The highest BCUT2D eigenvalue weighted by molar-refractivity contribution is 6.52. The van der Waals surface area contributed by atoms with Crippen molar-refractivity contribution in [3.8, 4) is 0 Å². The van der Waals surface area contributed by atoms with E-state index in [-0.39, 0.29) is 0 Å². The summed E-state index contributed by atoms with van der Waals surface area (Å²) in [5.74, 6) is 0. The first-order valence-corrected chi connectivity index (χ1v) is 6.29. The molecule has 0 atom stereocenters. The molecule has 64 valence electrons. The molecular weight excluding hydrogens is 152 g/mol. The lowest BCUT2D eigenvalue weighted by Gasteiger charge is -2.11. The Balaban J connectivity index is 3.49. The van der Waals surface area contributed by atoms with Crippen molar-refractivity contribution in [2.75, 3.05) is 6.61 Å². The Labute approximate surface area is 71.5 Å². The van der Waals surface area contributed by atoms with Crippen molar-refractivity contribution < 1.29 is 4.43 Å². The van der Waals surface area contributed by atoms with E-state index in [2.05, 4.69) is 20.1 Å². The van der Waals surface area contributed by atoms with Gasteiger partial charge in [0, 0.05) is 6.61 Å². The Morgan fingerprint density at radius 1 is 1.27 bits per heavy atom. The van der Waals surface area contributed by atoms with E-state index >= 15 is 0 Å². The Bertz CT molecular complexity index is 102. The molecule has 0 heterocycles. The second kappa shape index (κ2) is 7.76. The molecule has 0 aliphatic rings. The monoisotopic (exact) mass is 170 g/mol. The van der Waals surface area contributed by atoms with Crippen molar-refractivity contribution in [1.29, 1.82) is 0 Å². The summed E-state index contributed by atoms with van der Waals surface area (Å²) in [7, 11) is -0.988. The summed E-state index contributed by atoms with van der Waals surface area (Å²) in [5.41, 5.74) is 0. The first-order valence-electron chi connectivity index (χ1n) is 4.18. The van der Waals surface area contributed by atoms with Crippen molar-refractivity contribution in [1.82, 2.24) is 0 Å². The first-order chi connectivity index (χ1) is 5.35. The molecule has 0 aromatic heterocycles. The third kappa shape index (κ3) is 6.07. The van der Waals surface area contributed by atoms with Crippen molar-refractivity contribution in [2.24, 2.45) is 0 Å². The first kappa shape index (κ1) is 10.7. The maximum absolute atomic E-state index is 5.67. The molecule has 0 aliphatic carbocycles. The minimum absolute atomic E-state index is 0.901. The van der Waals surface area contributed by atoms with Gasteiger partial charge in [-0.05, 0) is 18.5 Å².